The SMILES string of the molecule is Cc1noc(COC2CN(Cc3nnc(C)s3)C2)n1. The fraction of sp³-hybridized carbons (Fsp3) is 0.636. The van der Waals surface area contributed by atoms with Crippen LogP contribution < -0.4 is 0 Å². The van der Waals surface area contributed by atoms with E-state index in [0.717, 1.165) is 29.6 Å². The van der Waals surface area contributed by atoms with Crippen molar-refractivity contribution in [3.8, 4) is 0 Å². The van der Waals surface area contributed by atoms with E-state index in [9.17, 15) is 0 Å². The molecule has 0 N–H and O–H groups in total. The minimum absolute atomic E-state index is 0.237. The first kappa shape index (κ1) is 12.6. The van der Waals surface area contributed by atoms with Crippen LogP contribution in [-0.4, -0.2) is 44.4 Å². The van der Waals surface area contributed by atoms with Crippen LogP contribution in [0.5, 0.6) is 0 Å². The van der Waals surface area contributed by atoms with Gasteiger partial charge >= 0.3 is 0 Å². The highest BCUT2D eigenvalue weighted by Crippen LogP contribution is 2.18. The van der Waals surface area contributed by atoms with Crippen molar-refractivity contribution in [2.24, 2.45) is 0 Å². The van der Waals surface area contributed by atoms with Gasteiger partial charge in [0, 0.05) is 13.1 Å². The van der Waals surface area contributed by atoms with Crippen LogP contribution in [0, 0.1) is 13.8 Å². The summed E-state index contributed by atoms with van der Waals surface area (Å²) in [5.74, 6) is 1.18. The van der Waals surface area contributed by atoms with Gasteiger partial charge in [0.2, 0.25) is 0 Å². The average Bonchev–Trinajstić information content (AvgIpc) is 2.91. The molecule has 0 amide bonds. The summed E-state index contributed by atoms with van der Waals surface area (Å²) in [6.07, 6.45) is 0.237. The molecule has 19 heavy (non-hydrogen) atoms. The van der Waals surface area contributed by atoms with Crippen molar-refractivity contribution < 1.29 is 9.26 Å². The third-order valence-corrected chi connectivity index (χ3v) is 3.69. The van der Waals surface area contributed by atoms with Crippen LogP contribution in [0.3, 0.4) is 0 Å². The number of hydrogen-bond donors (Lipinski definition) is 0. The van der Waals surface area contributed by atoms with Crippen LogP contribution in [0.25, 0.3) is 0 Å². The van der Waals surface area contributed by atoms with Crippen molar-refractivity contribution in [3.63, 3.8) is 0 Å². The van der Waals surface area contributed by atoms with Crippen molar-refractivity contribution in [1.82, 2.24) is 25.2 Å². The molecule has 0 spiro atoms. The van der Waals surface area contributed by atoms with Crippen LogP contribution in [-0.2, 0) is 17.9 Å². The van der Waals surface area contributed by atoms with Gasteiger partial charge in [-0.15, -0.1) is 21.5 Å². The maximum absolute atomic E-state index is 5.68. The number of rotatable bonds is 5. The maximum Gasteiger partial charge on any atom is 0.252 e. The summed E-state index contributed by atoms with van der Waals surface area (Å²) in [6.45, 7) is 6.82. The fourth-order valence-corrected chi connectivity index (χ4v) is 2.69. The van der Waals surface area contributed by atoms with Gasteiger partial charge in [0.25, 0.3) is 5.89 Å². The Balaban J connectivity index is 1.38. The monoisotopic (exact) mass is 281 g/mol. The zero-order valence-corrected chi connectivity index (χ0v) is 11.7. The first-order chi connectivity index (χ1) is 9.19. The second-order valence-corrected chi connectivity index (χ2v) is 5.84. The van der Waals surface area contributed by atoms with Crippen LogP contribution in [0.1, 0.15) is 21.7 Å². The molecule has 0 bridgehead atoms. The molecular formula is C11H15N5O2S. The molecule has 8 heteroatoms. The van der Waals surface area contributed by atoms with Crippen molar-refractivity contribution in [1.29, 1.82) is 0 Å². The molecule has 1 saturated heterocycles. The van der Waals surface area contributed by atoms with Gasteiger partial charge in [0.1, 0.15) is 16.6 Å². The fourth-order valence-electron chi connectivity index (χ4n) is 1.94. The molecule has 2 aromatic heterocycles. The van der Waals surface area contributed by atoms with Gasteiger partial charge in [-0.3, -0.25) is 4.90 Å². The summed E-state index contributed by atoms with van der Waals surface area (Å²) in [7, 11) is 0. The summed E-state index contributed by atoms with van der Waals surface area (Å²) < 4.78 is 10.7. The molecule has 0 unspecified atom stereocenters. The Morgan fingerprint density at radius 2 is 2.21 bits per heavy atom. The summed E-state index contributed by atoms with van der Waals surface area (Å²) in [5, 5.41) is 13.9. The third kappa shape index (κ3) is 3.14. The van der Waals surface area contributed by atoms with E-state index in [0.29, 0.717) is 18.3 Å². The molecule has 0 saturated carbocycles. The second kappa shape index (κ2) is 5.32. The Morgan fingerprint density at radius 3 is 2.84 bits per heavy atom. The zero-order chi connectivity index (χ0) is 13.2. The van der Waals surface area contributed by atoms with E-state index >= 15 is 0 Å². The van der Waals surface area contributed by atoms with E-state index < -0.39 is 0 Å². The third-order valence-electron chi connectivity index (χ3n) is 2.86. The minimum atomic E-state index is 0.237. The molecule has 1 aliphatic heterocycles. The van der Waals surface area contributed by atoms with E-state index in [1.165, 1.54) is 0 Å². The lowest BCUT2D eigenvalue weighted by molar-refractivity contribution is -0.0722. The van der Waals surface area contributed by atoms with Crippen molar-refractivity contribution >= 4 is 11.3 Å². The van der Waals surface area contributed by atoms with E-state index in [2.05, 4.69) is 25.2 Å². The predicted molar refractivity (Wildman–Crippen MR) is 67.5 cm³/mol. The van der Waals surface area contributed by atoms with Gasteiger partial charge in [0.15, 0.2) is 5.82 Å². The van der Waals surface area contributed by atoms with Gasteiger partial charge < -0.3 is 9.26 Å². The van der Waals surface area contributed by atoms with Crippen LogP contribution in [0.4, 0.5) is 0 Å². The number of hydrogen-bond acceptors (Lipinski definition) is 8. The second-order valence-electron chi connectivity index (χ2n) is 4.58. The Kier molecular flexibility index (Phi) is 3.54. The summed E-state index contributed by atoms with van der Waals surface area (Å²) >= 11 is 1.64. The molecule has 1 fully saturated rings. The van der Waals surface area contributed by atoms with E-state index in [1.807, 2.05) is 6.92 Å². The number of aryl methyl sites for hydroxylation is 2. The lowest BCUT2D eigenvalue weighted by atomic mass is 10.2. The molecule has 102 valence electrons. The Bertz CT molecular complexity index is 549. The van der Waals surface area contributed by atoms with Crippen LogP contribution in [0.2, 0.25) is 0 Å². The number of likely N-dealkylation sites (tertiary alicyclic amines) is 1. The van der Waals surface area contributed by atoms with Gasteiger partial charge in [-0.2, -0.15) is 4.98 Å². The predicted octanol–water partition coefficient (Wildman–Crippen LogP) is 0.939. The molecule has 0 radical (unpaired) electrons. The van der Waals surface area contributed by atoms with Crippen molar-refractivity contribution in [2.45, 2.75) is 33.1 Å². The highest BCUT2D eigenvalue weighted by atomic mass is 32.1. The van der Waals surface area contributed by atoms with Crippen LogP contribution >= 0.6 is 11.3 Å². The Morgan fingerprint density at radius 1 is 1.37 bits per heavy atom. The quantitative estimate of drug-likeness (QED) is 0.807. The molecule has 3 heterocycles. The standard InChI is InChI=1S/C11H15N5O2S/c1-7-12-10(18-15-7)6-17-9-3-16(4-9)5-11-14-13-8(2)19-11/h9H,3-6H2,1-2H3. The molecule has 0 aromatic carbocycles. The molecule has 3 rings (SSSR count). The van der Waals surface area contributed by atoms with Gasteiger partial charge in [-0.25, -0.2) is 0 Å². The normalized spacial score (nSPS) is 16.7. The molecule has 1 aliphatic rings. The topological polar surface area (TPSA) is 77.2 Å². The van der Waals surface area contributed by atoms with E-state index in [1.54, 1.807) is 18.3 Å². The summed E-state index contributed by atoms with van der Waals surface area (Å²) in [6, 6.07) is 0. The maximum atomic E-state index is 5.68. The van der Waals surface area contributed by atoms with E-state index in [4.69, 9.17) is 9.26 Å². The molecule has 0 atom stereocenters. The minimum Gasteiger partial charge on any atom is -0.366 e. The lowest BCUT2D eigenvalue weighted by Gasteiger charge is -2.37. The number of nitrogens with zero attached hydrogens (tertiary/aromatic N) is 5. The average molecular weight is 281 g/mol. The summed E-state index contributed by atoms with van der Waals surface area (Å²) in [5.41, 5.74) is 0. The Hall–Kier alpha value is -1.38. The summed E-state index contributed by atoms with van der Waals surface area (Å²) in [4.78, 5) is 6.38. The van der Waals surface area contributed by atoms with E-state index in [-0.39, 0.29) is 6.10 Å². The Labute approximate surface area is 114 Å². The molecule has 0 aliphatic carbocycles. The smallest absolute Gasteiger partial charge is 0.252 e. The van der Waals surface area contributed by atoms with Gasteiger partial charge in [0.05, 0.1) is 12.6 Å². The van der Waals surface area contributed by atoms with Gasteiger partial charge in [-0.1, -0.05) is 5.16 Å². The first-order valence-corrected chi connectivity index (χ1v) is 6.93. The zero-order valence-electron chi connectivity index (χ0n) is 10.9. The highest BCUT2D eigenvalue weighted by Gasteiger charge is 2.28. The molecule has 7 nitrogen and oxygen atoms in total. The largest absolute Gasteiger partial charge is 0.366 e. The van der Waals surface area contributed by atoms with Gasteiger partial charge in [-0.05, 0) is 13.8 Å². The van der Waals surface area contributed by atoms with Crippen molar-refractivity contribution in [3.05, 3.63) is 21.7 Å². The molecule has 2 aromatic rings. The molecular weight excluding hydrogens is 266 g/mol. The van der Waals surface area contributed by atoms with Crippen molar-refractivity contribution in [2.75, 3.05) is 13.1 Å². The first-order valence-electron chi connectivity index (χ1n) is 6.11. The van der Waals surface area contributed by atoms with Crippen LogP contribution in [0.15, 0.2) is 4.52 Å². The number of ether oxygens (including phenoxy) is 1. The highest BCUT2D eigenvalue weighted by molar-refractivity contribution is 7.11. The lowest BCUT2D eigenvalue weighted by Crippen LogP contribution is -2.51. The number of aromatic nitrogens is 4.